The topological polar surface area (TPSA) is 76.9 Å². The highest BCUT2D eigenvalue weighted by Gasteiger charge is 2.08. The summed E-state index contributed by atoms with van der Waals surface area (Å²) < 4.78 is 7.41. The Labute approximate surface area is 105 Å². The fourth-order valence-corrected chi connectivity index (χ4v) is 1.51. The Morgan fingerprint density at radius 1 is 1.44 bits per heavy atom. The molecule has 2 rings (SSSR count). The summed E-state index contributed by atoms with van der Waals surface area (Å²) in [5.41, 5.74) is 6.58. The predicted molar refractivity (Wildman–Crippen MR) is 68.3 cm³/mol. The van der Waals surface area contributed by atoms with Crippen LogP contribution in [0.4, 0.5) is 5.69 Å². The summed E-state index contributed by atoms with van der Waals surface area (Å²) in [4.78, 5) is 0. The van der Waals surface area contributed by atoms with Crippen LogP contribution in [0, 0.1) is 11.3 Å². The van der Waals surface area contributed by atoms with Crippen LogP contribution < -0.4 is 10.5 Å². The Morgan fingerprint density at radius 3 is 2.83 bits per heavy atom. The van der Waals surface area contributed by atoms with Gasteiger partial charge < -0.3 is 10.5 Å². The largest absolute Gasteiger partial charge is 0.452 e. The van der Waals surface area contributed by atoms with Crippen LogP contribution in [0.25, 0.3) is 0 Å². The van der Waals surface area contributed by atoms with Crippen LogP contribution in [0.3, 0.4) is 0 Å². The van der Waals surface area contributed by atoms with E-state index in [4.69, 9.17) is 15.7 Å². The van der Waals surface area contributed by atoms with Gasteiger partial charge in [0.1, 0.15) is 6.07 Å². The maximum absolute atomic E-state index is 8.88. The van der Waals surface area contributed by atoms with Crippen LogP contribution >= 0.6 is 0 Å². The molecule has 5 nitrogen and oxygen atoms in total. The first-order chi connectivity index (χ1) is 8.61. The van der Waals surface area contributed by atoms with E-state index in [1.807, 2.05) is 19.9 Å². The van der Waals surface area contributed by atoms with Crippen molar-refractivity contribution in [3.63, 3.8) is 0 Å². The van der Waals surface area contributed by atoms with E-state index in [1.165, 1.54) is 0 Å². The number of anilines is 1. The van der Waals surface area contributed by atoms with Gasteiger partial charge in [-0.1, -0.05) is 6.07 Å². The number of rotatable bonds is 3. The number of para-hydroxylation sites is 1. The van der Waals surface area contributed by atoms with Gasteiger partial charge in [0, 0.05) is 6.04 Å². The number of aromatic nitrogens is 2. The average molecular weight is 242 g/mol. The summed E-state index contributed by atoms with van der Waals surface area (Å²) in [5, 5.41) is 13.1. The summed E-state index contributed by atoms with van der Waals surface area (Å²) in [7, 11) is 0. The van der Waals surface area contributed by atoms with E-state index < -0.39 is 0 Å². The number of nitrogen functional groups attached to an aromatic ring is 1. The van der Waals surface area contributed by atoms with E-state index >= 15 is 0 Å². The maximum atomic E-state index is 8.88. The van der Waals surface area contributed by atoms with Gasteiger partial charge in [0.25, 0.3) is 0 Å². The van der Waals surface area contributed by atoms with E-state index in [2.05, 4.69) is 5.10 Å². The Bertz CT molecular complexity index is 595. The predicted octanol–water partition coefficient (Wildman–Crippen LogP) is 2.71. The first kappa shape index (κ1) is 12.0. The summed E-state index contributed by atoms with van der Waals surface area (Å²) in [5.74, 6) is 1.07. The van der Waals surface area contributed by atoms with Crippen molar-refractivity contribution in [1.82, 2.24) is 9.78 Å². The molecule has 0 aliphatic heterocycles. The molecule has 1 heterocycles. The van der Waals surface area contributed by atoms with Crippen LogP contribution in [0.15, 0.2) is 30.6 Å². The molecule has 5 heteroatoms. The fraction of sp³-hybridized carbons (Fsp3) is 0.231. The molecule has 0 unspecified atom stereocenters. The van der Waals surface area contributed by atoms with Crippen LogP contribution in [0.1, 0.15) is 25.5 Å². The second-order valence-electron chi connectivity index (χ2n) is 4.18. The molecule has 0 amide bonds. The highest BCUT2D eigenvalue weighted by atomic mass is 16.5. The zero-order valence-electron chi connectivity index (χ0n) is 10.3. The van der Waals surface area contributed by atoms with Gasteiger partial charge in [-0.25, -0.2) is 0 Å². The monoisotopic (exact) mass is 242 g/mol. The van der Waals surface area contributed by atoms with E-state index in [0.29, 0.717) is 22.7 Å². The minimum atomic E-state index is 0.269. The second-order valence-corrected chi connectivity index (χ2v) is 4.18. The molecule has 0 aliphatic carbocycles. The van der Waals surface area contributed by atoms with Crippen molar-refractivity contribution in [3.05, 3.63) is 36.2 Å². The lowest BCUT2D eigenvalue weighted by atomic mass is 10.2. The van der Waals surface area contributed by atoms with E-state index in [9.17, 15) is 0 Å². The van der Waals surface area contributed by atoms with Crippen molar-refractivity contribution < 1.29 is 4.74 Å². The van der Waals surface area contributed by atoms with Crippen LogP contribution in [0.2, 0.25) is 0 Å². The summed E-state index contributed by atoms with van der Waals surface area (Å²) in [6, 6.07) is 7.40. The lowest BCUT2D eigenvalue weighted by Crippen LogP contribution is -1.99. The first-order valence-corrected chi connectivity index (χ1v) is 5.62. The van der Waals surface area contributed by atoms with Crippen molar-refractivity contribution in [3.8, 4) is 17.6 Å². The van der Waals surface area contributed by atoms with Crippen molar-refractivity contribution in [2.24, 2.45) is 0 Å². The number of hydrogen-bond acceptors (Lipinski definition) is 4. The van der Waals surface area contributed by atoms with Crippen LogP contribution in [-0.4, -0.2) is 9.78 Å². The van der Waals surface area contributed by atoms with Crippen LogP contribution in [0.5, 0.6) is 11.5 Å². The smallest absolute Gasteiger partial charge is 0.165 e. The lowest BCUT2D eigenvalue weighted by molar-refractivity contribution is 0.479. The third-order valence-electron chi connectivity index (χ3n) is 2.52. The molecule has 0 atom stereocenters. The summed E-state index contributed by atoms with van der Waals surface area (Å²) >= 11 is 0. The van der Waals surface area contributed by atoms with Crippen molar-refractivity contribution in [2.45, 2.75) is 19.9 Å². The number of hydrogen-bond donors (Lipinski definition) is 1. The number of nitriles is 1. The third-order valence-corrected chi connectivity index (χ3v) is 2.52. The van der Waals surface area contributed by atoms with Crippen LogP contribution in [-0.2, 0) is 0 Å². The van der Waals surface area contributed by atoms with Crippen molar-refractivity contribution in [1.29, 1.82) is 5.26 Å². The Balaban J connectivity index is 2.26. The van der Waals surface area contributed by atoms with Crippen molar-refractivity contribution >= 4 is 5.69 Å². The maximum Gasteiger partial charge on any atom is 0.165 e. The molecule has 0 aliphatic rings. The van der Waals surface area contributed by atoms with E-state index in [0.717, 1.165) is 0 Å². The molecule has 92 valence electrons. The molecule has 1 aromatic carbocycles. The zero-order chi connectivity index (χ0) is 13.1. The number of benzene rings is 1. The fourth-order valence-electron chi connectivity index (χ4n) is 1.51. The normalized spacial score (nSPS) is 10.3. The zero-order valence-corrected chi connectivity index (χ0v) is 10.3. The molecule has 2 aromatic rings. The van der Waals surface area contributed by atoms with E-state index in [-0.39, 0.29) is 6.04 Å². The minimum Gasteiger partial charge on any atom is -0.452 e. The third kappa shape index (κ3) is 2.28. The van der Waals surface area contributed by atoms with E-state index in [1.54, 1.807) is 35.3 Å². The number of ether oxygens (including phenoxy) is 1. The summed E-state index contributed by atoms with van der Waals surface area (Å²) in [6.07, 6.45) is 3.42. The van der Waals surface area contributed by atoms with Gasteiger partial charge >= 0.3 is 0 Å². The molecule has 1 aromatic heterocycles. The number of nitrogens with two attached hydrogens (primary N) is 1. The first-order valence-electron chi connectivity index (χ1n) is 5.62. The molecule has 18 heavy (non-hydrogen) atoms. The standard InChI is InChI=1S/C13H14N4O/c1-9(2)17-8-11(7-16-17)18-12-5-3-4-10(6-14)13(12)15/h3-5,7-9H,15H2,1-2H3. The molecule has 0 saturated heterocycles. The molecule has 0 bridgehead atoms. The Hall–Kier alpha value is -2.48. The molecule has 0 saturated carbocycles. The molecule has 2 N–H and O–H groups in total. The van der Waals surface area contributed by atoms with Gasteiger partial charge in [0.15, 0.2) is 11.5 Å². The Kier molecular flexibility index (Phi) is 3.20. The SMILES string of the molecule is CC(C)n1cc(Oc2cccc(C#N)c2N)cn1. The highest BCUT2D eigenvalue weighted by molar-refractivity contribution is 5.63. The van der Waals surface area contributed by atoms with Gasteiger partial charge in [-0.15, -0.1) is 0 Å². The molecule has 0 fully saturated rings. The molecular formula is C13H14N4O. The summed E-state index contributed by atoms with van der Waals surface area (Å²) in [6.45, 7) is 4.06. The lowest BCUT2D eigenvalue weighted by Gasteiger charge is -2.07. The highest BCUT2D eigenvalue weighted by Crippen LogP contribution is 2.29. The molecule has 0 radical (unpaired) electrons. The van der Waals surface area contributed by atoms with Gasteiger partial charge in [0.05, 0.1) is 23.6 Å². The van der Waals surface area contributed by atoms with Gasteiger partial charge in [-0.3, -0.25) is 4.68 Å². The number of nitrogens with zero attached hydrogens (tertiary/aromatic N) is 3. The molecule has 0 spiro atoms. The average Bonchev–Trinajstić information content (AvgIpc) is 2.80. The van der Waals surface area contributed by atoms with Gasteiger partial charge in [0.2, 0.25) is 0 Å². The molecular weight excluding hydrogens is 228 g/mol. The van der Waals surface area contributed by atoms with Gasteiger partial charge in [-0.05, 0) is 26.0 Å². The van der Waals surface area contributed by atoms with Gasteiger partial charge in [-0.2, -0.15) is 10.4 Å². The Morgan fingerprint density at radius 2 is 2.22 bits per heavy atom. The van der Waals surface area contributed by atoms with Crippen molar-refractivity contribution in [2.75, 3.05) is 5.73 Å². The minimum absolute atomic E-state index is 0.269. The quantitative estimate of drug-likeness (QED) is 0.839. The second kappa shape index (κ2) is 4.80.